The van der Waals surface area contributed by atoms with Gasteiger partial charge >= 0.3 is 0 Å². The van der Waals surface area contributed by atoms with Gasteiger partial charge in [0.1, 0.15) is 11.9 Å². The quantitative estimate of drug-likeness (QED) is 0.733. The number of hydrogen-bond donors (Lipinski definition) is 2. The first-order chi connectivity index (χ1) is 6.24. The molecule has 74 valence electrons. The Bertz CT molecular complexity index is 221. The third-order valence-electron chi connectivity index (χ3n) is 2.24. The molecule has 0 bridgehead atoms. The smallest absolute Gasteiger partial charge is 0.135 e. The van der Waals surface area contributed by atoms with Crippen LogP contribution in [-0.2, 0) is 0 Å². The first-order valence-corrected chi connectivity index (χ1v) is 4.91. The summed E-state index contributed by atoms with van der Waals surface area (Å²) < 4.78 is 0. The van der Waals surface area contributed by atoms with Crippen molar-refractivity contribution in [2.45, 2.75) is 39.2 Å². The molecule has 0 spiro atoms. The van der Waals surface area contributed by atoms with Crippen LogP contribution in [0.2, 0.25) is 0 Å². The van der Waals surface area contributed by atoms with E-state index in [1.807, 2.05) is 0 Å². The fourth-order valence-electron chi connectivity index (χ4n) is 1.56. The normalized spacial score (nSPS) is 15.6. The molecule has 0 aliphatic rings. The maximum Gasteiger partial charge on any atom is 0.135 e. The number of hydrogen-bond acceptors (Lipinski definition) is 2. The highest BCUT2D eigenvalue weighted by Crippen LogP contribution is 2.20. The van der Waals surface area contributed by atoms with Gasteiger partial charge in [0.05, 0.1) is 0 Å². The van der Waals surface area contributed by atoms with E-state index in [1.165, 1.54) is 6.42 Å². The second kappa shape index (κ2) is 5.02. The van der Waals surface area contributed by atoms with Gasteiger partial charge in [-0.3, -0.25) is 0 Å². The summed E-state index contributed by atoms with van der Waals surface area (Å²) in [5.41, 5.74) is 0. The molecule has 2 N–H and O–H groups in total. The van der Waals surface area contributed by atoms with E-state index in [0.717, 1.165) is 12.8 Å². The molecule has 1 rings (SSSR count). The topological polar surface area (TPSA) is 48.9 Å². The zero-order valence-corrected chi connectivity index (χ0v) is 8.33. The molecule has 0 radical (unpaired) electrons. The Labute approximate surface area is 79.2 Å². The van der Waals surface area contributed by atoms with Crippen molar-refractivity contribution in [2.75, 3.05) is 0 Å². The van der Waals surface area contributed by atoms with Crippen molar-refractivity contribution in [3.05, 3.63) is 18.2 Å². The van der Waals surface area contributed by atoms with E-state index in [2.05, 4.69) is 23.8 Å². The van der Waals surface area contributed by atoms with Gasteiger partial charge in [0.25, 0.3) is 0 Å². The molecule has 2 atom stereocenters. The van der Waals surface area contributed by atoms with Gasteiger partial charge in [0.2, 0.25) is 0 Å². The van der Waals surface area contributed by atoms with Crippen LogP contribution in [0.5, 0.6) is 0 Å². The lowest BCUT2D eigenvalue weighted by molar-refractivity contribution is 0.137. The van der Waals surface area contributed by atoms with E-state index in [1.54, 1.807) is 12.4 Å². The minimum absolute atomic E-state index is 0.434. The van der Waals surface area contributed by atoms with Crippen LogP contribution in [0.3, 0.4) is 0 Å². The van der Waals surface area contributed by atoms with Crippen molar-refractivity contribution in [3.8, 4) is 0 Å². The van der Waals surface area contributed by atoms with Gasteiger partial charge in [-0.2, -0.15) is 0 Å². The molecule has 1 heterocycles. The van der Waals surface area contributed by atoms with Gasteiger partial charge in [0, 0.05) is 12.4 Å². The monoisotopic (exact) mass is 182 g/mol. The average Bonchev–Trinajstić information content (AvgIpc) is 2.55. The zero-order valence-electron chi connectivity index (χ0n) is 8.33. The van der Waals surface area contributed by atoms with Gasteiger partial charge in [-0.1, -0.05) is 26.7 Å². The number of H-pyrrole nitrogens is 1. The minimum atomic E-state index is -0.434. The standard InChI is InChI=1S/C10H18N2O/c1-3-4-8(2)7-9(13)10-11-5-6-12-10/h5-6,8-9,13H,3-4,7H2,1-2H3,(H,11,12). The van der Waals surface area contributed by atoms with Crippen LogP contribution in [0.4, 0.5) is 0 Å². The Morgan fingerprint density at radius 3 is 2.92 bits per heavy atom. The summed E-state index contributed by atoms with van der Waals surface area (Å²) >= 11 is 0. The summed E-state index contributed by atoms with van der Waals surface area (Å²) in [6.45, 7) is 4.32. The Hall–Kier alpha value is -0.830. The van der Waals surface area contributed by atoms with Crippen LogP contribution in [0.25, 0.3) is 0 Å². The number of rotatable bonds is 5. The van der Waals surface area contributed by atoms with Gasteiger partial charge in [-0.15, -0.1) is 0 Å². The molecule has 0 saturated carbocycles. The Balaban J connectivity index is 2.37. The summed E-state index contributed by atoms with van der Waals surface area (Å²) in [4.78, 5) is 6.95. The molecule has 3 nitrogen and oxygen atoms in total. The fraction of sp³-hybridized carbons (Fsp3) is 0.700. The van der Waals surface area contributed by atoms with Gasteiger partial charge in [-0.05, 0) is 12.3 Å². The highest BCUT2D eigenvalue weighted by Gasteiger charge is 2.13. The van der Waals surface area contributed by atoms with E-state index >= 15 is 0 Å². The molecule has 1 aromatic rings. The van der Waals surface area contributed by atoms with Crippen molar-refractivity contribution in [1.82, 2.24) is 9.97 Å². The Morgan fingerprint density at radius 2 is 2.38 bits per heavy atom. The predicted molar refractivity (Wildman–Crippen MR) is 52.2 cm³/mol. The summed E-state index contributed by atoms with van der Waals surface area (Å²) in [6, 6.07) is 0. The fourth-order valence-corrected chi connectivity index (χ4v) is 1.56. The number of aliphatic hydroxyl groups excluding tert-OH is 1. The second-order valence-corrected chi connectivity index (χ2v) is 3.62. The summed E-state index contributed by atoms with van der Waals surface area (Å²) in [6.07, 6.45) is 6.11. The zero-order chi connectivity index (χ0) is 9.68. The molecule has 2 unspecified atom stereocenters. The molecule has 1 aromatic heterocycles. The number of nitrogens with one attached hydrogen (secondary N) is 1. The summed E-state index contributed by atoms with van der Waals surface area (Å²) in [5, 5.41) is 9.71. The van der Waals surface area contributed by atoms with E-state index < -0.39 is 6.10 Å². The van der Waals surface area contributed by atoms with Crippen LogP contribution in [0, 0.1) is 5.92 Å². The second-order valence-electron chi connectivity index (χ2n) is 3.62. The molecule has 0 aliphatic heterocycles. The van der Waals surface area contributed by atoms with Gasteiger partial charge in [0.15, 0.2) is 0 Å². The van der Waals surface area contributed by atoms with E-state index in [9.17, 15) is 5.11 Å². The number of aromatic nitrogens is 2. The Morgan fingerprint density at radius 1 is 1.62 bits per heavy atom. The largest absolute Gasteiger partial charge is 0.385 e. The van der Waals surface area contributed by atoms with Crippen molar-refractivity contribution >= 4 is 0 Å². The van der Waals surface area contributed by atoms with Crippen LogP contribution in [-0.4, -0.2) is 15.1 Å². The highest BCUT2D eigenvalue weighted by molar-refractivity contribution is 4.91. The molecular formula is C10H18N2O. The first-order valence-electron chi connectivity index (χ1n) is 4.91. The lowest BCUT2D eigenvalue weighted by atomic mass is 9.98. The minimum Gasteiger partial charge on any atom is -0.385 e. The molecule has 0 aromatic carbocycles. The van der Waals surface area contributed by atoms with E-state index in [-0.39, 0.29) is 0 Å². The number of imidazole rings is 1. The van der Waals surface area contributed by atoms with Gasteiger partial charge in [-0.25, -0.2) is 4.98 Å². The summed E-state index contributed by atoms with van der Waals surface area (Å²) in [5.74, 6) is 1.24. The maximum atomic E-state index is 9.71. The van der Waals surface area contributed by atoms with Crippen LogP contribution < -0.4 is 0 Å². The third kappa shape index (κ3) is 3.19. The van der Waals surface area contributed by atoms with Crippen molar-refractivity contribution in [2.24, 2.45) is 5.92 Å². The van der Waals surface area contributed by atoms with Crippen molar-refractivity contribution < 1.29 is 5.11 Å². The predicted octanol–water partition coefficient (Wildman–Crippen LogP) is 2.27. The maximum absolute atomic E-state index is 9.71. The SMILES string of the molecule is CCCC(C)CC(O)c1ncc[nH]1. The van der Waals surface area contributed by atoms with Crippen LogP contribution >= 0.6 is 0 Å². The Kier molecular flexibility index (Phi) is 3.96. The molecule has 0 aliphatic carbocycles. The highest BCUT2D eigenvalue weighted by atomic mass is 16.3. The average molecular weight is 182 g/mol. The lowest BCUT2D eigenvalue weighted by Crippen LogP contribution is -2.05. The van der Waals surface area contributed by atoms with E-state index in [0.29, 0.717) is 11.7 Å². The summed E-state index contributed by atoms with van der Waals surface area (Å²) in [7, 11) is 0. The molecule has 3 heteroatoms. The number of aromatic amines is 1. The number of aliphatic hydroxyl groups is 1. The number of nitrogens with zero attached hydrogens (tertiary/aromatic N) is 1. The molecular weight excluding hydrogens is 164 g/mol. The molecule has 13 heavy (non-hydrogen) atoms. The molecule has 0 saturated heterocycles. The first kappa shape index (κ1) is 10.3. The van der Waals surface area contributed by atoms with Crippen molar-refractivity contribution in [1.29, 1.82) is 0 Å². The van der Waals surface area contributed by atoms with Crippen LogP contribution in [0.1, 0.15) is 45.0 Å². The van der Waals surface area contributed by atoms with Gasteiger partial charge < -0.3 is 10.1 Å². The molecule has 0 fully saturated rings. The van der Waals surface area contributed by atoms with Crippen LogP contribution in [0.15, 0.2) is 12.4 Å². The van der Waals surface area contributed by atoms with E-state index in [4.69, 9.17) is 0 Å². The molecule has 0 amide bonds. The van der Waals surface area contributed by atoms with Crippen molar-refractivity contribution in [3.63, 3.8) is 0 Å². The lowest BCUT2D eigenvalue weighted by Gasteiger charge is -2.13. The third-order valence-corrected chi connectivity index (χ3v) is 2.24.